The van der Waals surface area contributed by atoms with Gasteiger partial charge in [0.1, 0.15) is 23.9 Å². The van der Waals surface area contributed by atoms with E-state index < -0.39 is 0 Å². The normalized spacial score (nSPS) is 10.3. The molecule has 1 amide bonds. The van der Waals surface area contributed by atoms with Crippen LogP contribution >= 0.6 is 0 Å². The molecule has 3 rings (SSSR count). The number of carbonyl (C=O) groups excluding carboxylic acids is 1. The molecular weight excluding hydrogens is 380 g/mol. The van der Waals surface area contributed by atoms with Crippen LogP contribution in [0.15, 0.2) is 78.9 Å². The fourth-order valence-electron chi connectivity index (χ4n) is 2.68. The Kier molecular flexibility index (Phi) is 8.12. The number of rotatable bonds is 11. The van der Waals surface area contributed by atoms with Crippen molar-refractivity contribution in [1.82, 2.24) is 0 Å². The lowest BCUT2D eigenvalue weighted by molar-refractivity contribution is -0.114. The van der Waals surface area contributed by atoms with Crippen molar-refractivity contribution in [2.75, 3.05) is 37.0 Å². The average Bonchev–Trinajstić information content (AvgIpc) is 2.77. The van der Waals surface area contributed by atoms with E-state index in [1.807, 2.05) is 79.7 Å². The number of carbonyl (C=O) groups is 1. The molecule has 2 N–H and O–H groups in total. The second-order valence-corrected chi connectivity index (χ2v) is 6.41. The second-order valence-electron chi connectivity index (χ2n) is 6.41. The van der Waals surface area contributed by atoms with Gasteiger partial charge in [0.25, 0.3) is 0 Å². The van der Waals surface area contributed by atoms with Crippen LogP contribution in [0.3, 0.4) is 0 Å². The molecule has 30 heavy (non-hydrogen) atoms. The maximum Gasteiger partial charge on any atom is 0.243 e. The number of benzene rings is 3. The fourth-order valence-corrected chi connectivity index (χ4v) is 2.68. The number of para-hydroxylation sites is 1. The first-order valence-electron chi connectivity index (χ1n) is 9.90. The molecule has 0 aromatic heterocycles. The Morgan fingerprint density at radius 1 is 0.800 bits per heavy atom. The first-order chi connectivity index (χ1) is 14.7. The van der Waals surface area contributed by atoms with E-state index in [9.17, 15) is 4.79 Å². The number of hydrogen-bond donors (Lipinski definition) is 2. The van der Waals surface area contributed by atoms with Crippen molar-refractivity contribution in [3.63, 3.8) is 0 Å². The van der Waals surface area contributed by atoms with Gasteiger partial charge in [-0.05, 0) is 55.5 Å². The molecule has 6 nitrogen and oxygen atoms in total. The van der Waals surface area contributed by atoms with Crippen LogP contribution in [0.1, 0.15) is 6.92 Å². The Bertz CT molecular complexity index is 914. The van der Waals surface area contributed by atoms with E-state index in [-0.39, 0.29) is 12.5 Å². The average molecular weight is 406 g/mol. The quantitative estimate of drug-likeness (QED) is 0.441. The molecule has 0 radical (unpaired) electrons. The maximum absolute atomic E-state index is 12.2. The summed E-state index contributed by atoms with van der Waals surface area (Å²) in [6, 6.07) is 24.3. The topological polar surface area (TPSA) is 68.8 Å². The number of amides is 1. The molecule has 156 valence electrons. The lowest BCUT2D eigenvalue weighted by Crippen LogP contribution is -2.21. The monoisotopic (exact) mass is 406 g/mol. The van der Waals surface area contributed by atoms with E-state index >= 15 is 0 Å². The van der Waals surface area contributed by atoms with Crippen LogP contribution in [0.4, 0.5) is 11.4 Å². The zero-order chi connectivity index (χ0) is 21.0. The lowest BCUT2D eigenvalue weighted by atomic mass is 10.3. The summed E-state index contributed by atoms with van der Waals surface area (Å²) in [6.45, 7) is 3.75. The third-order valence-corrected chi connectivity index (χ3v) is 4.10. The Hall–Kier alpha value is -3.51. The van der Waals surface area contributed by atoms with Crippen molar-refractivity contribution < 1.29 is 19.0 Å². The molecule has 3 aromatic carbocycles. The molecule has 0 bridgehead atoms. The van der Waals surface area contributed by atoms with E-state index in [1.165, 1.54) is 0 Å². The number of ether oxygens (including phenoxy) is 3. The number of anilines is 2. The molecule has 0 unspecified atom stereocenters. The Morgan fingerprint density at radius 2 is 1.53 bits per heavy atom. The fraction of sp³-hybridized carbons (Fsp3) is 0.208. The summed E-state index contributed by atoms with van der Waals surface area (Å²) < 4.78 is 16.6. The molecule has 0 saturated heterocycles. The zero-order valence-corrected chi connectivity index (χ0v) is 17.0. The van der Waals surface area contributed by atoms with Gasteiger partial charge in [0.2, 0.25) is 5.91 Å². The minimum Gasteiger partial charge on any atom is -0.491 e. The zero-order valence-electron chi connectivity index (χ0n) is 17.0. The molecule has 0 aliphatic heterocycles. The molecule has 3 aromatic rings. The second kappa shape index (κ2) is 11.5. The Labute approximate surface area is 176 Å². The van der Waals surface area contributed by atoms with Gasteiger partial charge in [-0.25, -0.2) is 0 Å². The molecule has 0 aliphatic rings. The van der Waals surface area contributed by atoms with Crippen molar-refractivity contribution in [3.05, 3.63) is 78.9 Å². The minimum absolute atomic E-state index is 0.147. The van der Waals surface area contributed by atoms with Gasteiger partial charge in [0, 0.05) is 24.0 Å². The molecule has 0 saturated carbocycles. The summed E-state index contributed by atoms with van der Waals surface area (Å²) in [4.78, 5) is 12.2. The molecule has 6 heteroatoms. The van der Waals surface area contributed by atoms with Gasteiger partial charge in [0.15, 0.2) is 0 Å². The summed E-state index contributed by atoms with van der Waals surface area (Å²) in [5.74, 6) is 2.06. The predicted octanol–water partition coefficient (Wildman–Crippen LogP) is 4.94. The van der Waals surface area contributed by atoms with Gasteiger partial charge < -0.3 is 24.8 Å². The highest BCUT2D eigenvalue weighted by molar-refractivity contribution is 5.93. The highest BCUT2D eigenvalue weighted by Crippen LogP contribution is 2.22. The summed E-state index contributed by atoms with van der Waals surface area (Å²) >= 11 is 0. The first kappa shape index (κ1) is 21.2. The van der Waals surface area contributed by atoms with Gasteiger partial charge >= 0.3 is 0 Å². The van der Waals surface area contributed by atoms with Crippen molar-refractivity contribution in [3.8, 4) is 17.2 Å². The van der Waals surface area contributed by atoms with E-state index in [4.69, 9.17) is 14.2 Å². The van der Waals surface area contributed by atoms with Gasteiger partial charge in [-0.2, -0.15) is 0 Å². The maximum atomic E-state index is 12.2. The predicted molar refractivity (Wildman–Crippen MR) is 119 cm³/mol. The van der Waals surface area contributed by atoms with Crippen LogP contribution in [0.25, 0.3) is 0 Å². The molecule has 0 atom stereocenters. The molecule has 0 heterocycles. The van der Waals surface area contributed by atoms with Crippen LogP contribution in [-0.2, 0) is 9.53 Å². The Morgan fingerprint density at radius 3 is 2.30 bits per heavy atom. The largest absolute Gasteiger partial charge is 0.491 e. The highest BCUT2D eigenvalue weighted by atomic mass is 16.5. The van der Waals surface area contributed by atoms with Gasteiger partial charge in [-0.15, -0.1) is 0 Å². The summed E-state index contributed by atoms with van der Waals surface area (Å²) in [5.41, 5.74) is 1.51. The third-order valence-electron chi connectivity index (χ3n) is 4.10. The van der Waals surface area contributed by atoms with Crippen LogP contribution in [0.2, 0.25) is 0 Å². The first-order valence-corrected chi connectivity index (χ1v) is 9.90. The van der Waals surface area contributed by atoms with Crippen LogP contribution in [0, 0.1) is 0 Å². The smallest absolute Gasteiger partial charge is 0.243 e. The molecule has 0 fully saturated rings. The van der Waals surface area contributed by atoms with Crippen LogP contribution < -0.4 is 20.1 Å². The van der Waals surface area contributed by atoms with Crippen molar-refractivity contribution in [1.29, 1.82) is 0 Å². The van der Waals surface area contributed by atoms with Crippen molar-refractivity contribution in [2.24, 2.45) is 0 Å². The van der Waals surface area contributed by atoms with E-state index in [0.29, 0.717) is 31.3 Å². The third kappa shape index (κ3) is 7.14. The molecule has 0 aliphatic carbocycles. The van der Waals surface area contributed by atoms with Gasteiger partial charge in [-0.3, -0.25) is 4.79 Å². The summed E-state index contributed by atoms with van der Waals surface area (Å²) in [6.07, 6.45) is 0. The van der Waals surface area contributed by atoms with E-state index in [2.05, 4.69) is 10.6 Å². The minimum atomic E-state index is -0.147. The van der Waals surface area contributed by atoms with Gasteiger partial charge in [0.05, 0.1) is 13.2 Å². The lowest BCUT2D eigenvalue weighted by Gasteiger charge is -2.11. The van der Waals surface area contributed by atoms with Crippen molar-refractivity contribution in [2.45, 2.75) is 6.92 Å². The molecule has 0 spiro atoms. The van der Waals surface area contributed by atoms with Gasteiger partial charge in [-0.1, -0.05) is 24.3 Å². The summed E-state index contributed by atoms with van der Waals surface area (Å²) in [7, 11) is 0. The summed E-state index contributed by atoms with van der Waals surface area (Å²) in [5, 5.41) is 5.96. The molecular formula is C24H26N2O4. The van der Waals surface area contributed by atoms with Crippen LogP contribution in [0.5, 0.6) is 17.2 Å². The van der Waals surface area contributed by atoms with E-state index in [1.54, 1.807) is 6.07 Å². The van der Waals surface area contributed by atoms with Crippen LogP contribution in [-0.4, -0.2) is 32.3 Å². The Balaban J connectivity index is 1.44. The number of nitrogens with one attached hydrogen (secondary N) is 2. The van der Waals surface area contributed by atoms with E-state index in [0.717, 1.165) is 17.2 Å². The van der Waals surface area contributed by atoms with Crippen molar-refractivity contribution >= 4 is 17.3 Å². The SMILES string of the molecule is CCOCCOc1cccc(NC(=O)CNc2ccc(Oc3ccccc3)cc2)c1. The number of hydrogen-bond acceptors (Lipinski definition) is 5. The standard InChI is InChI=1S/C24H26N2O4/c1-2-28-15-16-29-23-10-6-7-20(17-23)26-24(27)18-25-19-11-13-22(14-12-19)30-21-8-4-3-5-9-21/h3-14,17,25H,2,15-16,18H2,1H3,(H,26,27). The highest BCUT2D eigenvalue weighted by Gasteiger charge is 2.04.